The number of aromatic nitrogens is 2. The van der Waals surface area contributed by atoms with E-state index in [9.17, 15) is 4.39 Å². The van der Waals surface area contributed by atoms with Gasteiger partial charge in [-0.2, -0.15) is 4.98 Å². The van der Waals surface area contributed by atoms with E-state index >= 15 is 0 Å². The van der Waals surface area contributed by atoms with E-state index in [1.165, 1.54) is 6.07 Å². The second kappa shape index (κ2) is 4.04. The van der Waals surface area contributed by atoms with Crippen molar-refractivity contribution in [3.8, 4) is 11.5 Å². The van der Waals surface area contributed by atoms with Crippen molar-refractivity contribution in [2.75, 3.05) is 0 Å². The predicted molar refractivity (Wildman–Crippen MR) is 58.5 cm³/mol. The first-order valence-corrected chi connectivity index (χ1v) is 5.18. The van der Waals surface area contributed by atoms with Gasteiger partial charge in [0, 0.05) is 0 Å². The van der Waals surface area contributed by atoms with E-state index in [2.05, 4.69) is 10.1 Å². The summed E-state index contributed by atoms with van der Waals surface area (Å²) in [4.78, 5) is 4.00. The molecule has 0 bridgehead atoms. The Morgan fingerprint density at radius 2 is 2.06 bits per heavy atom. The van der Waals surface area contributed by atoms with Gasteiger partial charge in [0.05, 0.1) is 5.56 Å². The Labute approximate surface area is 93.3 Å². The largest absolute Gasteiger partial charge is 0.334 e. The van der Waals surface area contributed by atoms with Crippen LogP contribution in [0.15, 0.2) is 22.7 Å². The molecule has 1 aromatic carbocycles. The summed E-state index contributed by atoms with van der Waals surface area (Å²) >= 11 is 0. The lowest BCUT2D eigenvalue weighted by Crippen LogP contribution is -1.91. The van der Waals surface area contributed by atoms with Gasteiger partial charge in [-0.1, -0.05) is 25.1 Å². The van der Waals surface area contributed by atoms with E-state index in [0.717, 1.165) is 5.56 Å². The molecule has 0 radical (unpaired) electrons. The van der Waals surface area contributed by atoms with Crippen LogP contribution in [0, 0.1) is 12.7 Å². The standard InChI is InChI=1S/C12H13FN2O/c1-7(2)9-4-5-10(11(13)6-9)12-14-8(3)15-16-12/h4-7H,1-3H3. The Morgan fingerprint density at radius 3 is 2.56 bits per heavy atom. The third-order valence-electron chi connectivity index (χ3n) is 2.42. The van der Waals surface area contributed by atoms with Crippen LogP contribution in [0.4, 0.5) is 4.39 Å². The molecule has 0 amide bonds. The molecule has 0 fully saturated rings. The molecule has 3 nitrogen and oxygen atoms in total. The highest BCUT2D eigenvalue weighted by Crippen LogP contribution is 2.24. The smallest absolute Gasteiger partial charge is 0.260 e. The first-order chi connectivity index (χ1) is 7.58. The van der Waals surface area contributed by atoms with Gasteiger partial charge in [0.25, 0.3) is 5.89 Å². The summed E-state index contributed by atoms with van der Waals surface area (Å²) in [5, 5.41) is 3.64. The summed E-state index contributed by atoms with van der Waals surface area (Å²) in [6, 6.07) is 5.07. The highest BCUT2D eigenvalue weighted by atomic mass is 19.1. The number of hydrogen-bond donors (Lipinski definition) is 0. The van der Waals surface area contributed by atoms with Crippen molar-refractivity contribution in [3.05, 3.63) is 35.4 Å². The van der Waals surface area contributed by atoms with Gasteiger partial charge in [-0.3, -0.25) is 0 Å². The molecule has 1 heterocycles. The van der Waals surface area contributed by atoms with Gasteiger partial charge >= 0.3 is 0 Å². The quantitative estimate of drug-likeness (QED) is 0.779. The normalized spacial score (nSPS) is 11.1. The van der Waals surface area contributed by atoms with Crippen molar-refractivity contribution in [2.24, 2.45) is 0 Å². The maximum atomic E-state index is 13.8. The van der Waals surface area contributed by atoms with Crippen LogP contribution < -0.4 is 0 Å². The Hall–Kier alpha value is -1.71. The van der Waals surface area contributed by atoms with Crippen LogP contribution in [0.2, 0.25) is 0 Å². The first kappa shape index (κ1) is 10.8. The van der Waals surface area contributed by atoms with Crippen LogP contribution in [-0.2, 0) is 0 Å². The van der Waals surface area contributed by atoms with Crippen LogP contribution >= 0.6 is 0 Å². The molecule has 4 heteroatoms. The summed E-state index contributed by atoms with van der Waals surface area (Å²) < 4.78 is 18.7. The van der Waals surface area contributed by atoms with Gasteiger partial charge in [0.15, 0.2) is 5.82 Å². The molecule has 84 valence electrons. The number of aryl methyl sites for hydroxylation is 1. The van der Waals surface area contributed by atoms with Gasteiger partial charge in [-0.15, -0.1) is 0 Å². The molecule has 0 aliphatic carbocycles. The third kappa shape index (κ3) is 1.96. The lowest BCUT2D eigenvalue weighted by molar-refractivity contribution is 0.423. The number of benzene rings is 1. The van der Waals surface area contributed by atoms with Crippen molar-refractivity contribution in [3.63, 3.8) is 0 Å². The van der Waals surface area contributed by atoms with Gasteiger partial charge in [-0.05, 0) is 30.5 Å². The van der Waals surface area contributed by atoms with Crippen molar-refractivity contribution in [1.82, 2.24) is 10.1 Å². The Morgan fingerprint density at radius 1 is 1.31 bits per heavy atom. The van der Waals surface area contributed by atoms with Crippen molar-refractivity contribution >= 4 is 0 Å². The molecule has 0 aliphatic heterocycles. The molecule has 16 heavy (non-hydrogen) atoms. The second-order valence-corrected chi connectivity index (χ2v) is 4.04. The molecule has 2 aromatic rings. The monoisotopic (exact) mass is 220 g/mol. The van der Waals surface area contributed by atoms with E-state index in [1.54, 1.807) is 13.0 Å². The maximum absolute atomic E-state index is 13.8. The van der Waals surface area contributed by atoms with E-state index in [0.29, 0.717) is 17.3 Å². The first-order valence-electron chi connectivity index (χ1n) is 5.18. The summed E-state index contributed by atoms with van der Waals surface area (Å²) in [6.07, 6.45) is 0. The zero-order chi connectivity index (χ0) is 11.7. The van der Waals surface area contributed by atoms with Crippen LogP contribution in [0.3, 0.4) is 0 Å². The minimum Gasteiger partial charge on any atom is -0.334 e. The molecule has 0 atom stereocenters. The topological polar surface area (TPSA) is 38.9 Å². The van der Waals surface area contributed by atoms with Crippen LogP contribution in [-0.4, -0.2) is 10.1 Å². The summed E-state index contributed by atoms with van der Waals surface area (Å²) in [6.45, 7) is 5.74. The Balaban J connectivity index is 2.44. The van der Waals surface area contributed by atoms with Gasteiger partial charge in [0.1, 0.15) is 5.82 Å². The molecule has 0 N–H and O–H groups in total. The van der Waals surface area contributed by atoms with E-state index in [-0.39, 0.29) is 11.7 Å². The number of nitrogens with zero attached hydrogens (tertiary/aromatic N) is 2. The molecule has 0 spiro atoms. The SMILES string of the molecule is Cc1noc(-c2ccc(C(C)C)cc2F)n1. The van der Waals surface area contributed by atoms with E-state index in [4.69, 9.17) is 4.52 Å². The Bertz CT molecular complexity index is 505. The highest BCUT2D eigenvalue weighted by Gasteiger charge is 2.13. The average Bonchev–Trinajstić information content (AvgIpc) is 2.64. The minimum atomic E-state index is -0.324. The molecular weight excluding hydrogens is 207 g/mol. The van der Waals surface area contributed by atoms with Crippen molar-refractivity contribution < 1.29 is 8.91 Å². The molecule has 1 aromatic heterocycles. The number of halogens is 1. The molecule has 0 unspecified atom stereocenters. The van der Waals surface area contributed by atoms with Gasteiger partial charge in [-0.25, -0.2) is 4.39 Å². The minimum absolute atomic E-state index is 0.227. The van der Waals surface area contributed by atoms with Gasteiger partial charge < -0.3 is 4.52 Å². The van der Waals surface area contributed by atoms with Crippen molar-refractivity contribution in [1.29, 1.82) is 0 Å². The fourth-order valence-corrected chi connectivity index (χ4v) is 1.47. The lowest BCUT2D eigenvalue weighted by Gasteiger charge is -2.06. The van der Waals surface area contributed by atoms with Crippen molar-refractivity contribution in [2.45, 2.75) is 26.7 Å². The lowest BCUT2D eigenvalue weighted by atomic mass is 10.0. The molecule has 0 saturated carbocycles. The predicted octanol–water partition coefficient (Wildman–Crippen LogP) is 3.31. The second-order valence-electron chi connectivity index (χ2n) is 4.04. The maximum Gasteiger partial charge on any atom is 0.260 e. The summed E-state index contributed by atoms with van der Waals surface area (Å²) in [5.41, 5.74) is 1.31. The fraction of sp³-hybridized carbons (Fsp3) is 0.333. The third-order valence-corrected chi connectivity index (χ3v) is 2.42. The summed E-state index contributed by atoms with van der Waals surface area (Å²) in [5.74, 6) is 0.704. The van der Waals surface area contributed by atoms with E-state index in [1.807, 2.05) is 19.9 Å². The summed E-state index contributed by atoms with van der Waals surface area (Å²) in [7, 11) is 0. The molecule has 0 aliphatic rings. The molecular formula is C12H13FN2O. The Kier molecular flexibility index (Phi) is 2.73. The number of rotatable bonds is 2. The highest BCUT2D eigenvalue weighted by molar-refractivity contribution is 5.54. The zero-order valence-electron chi connectivity index (χ0n) is 9.49. The average molecular weight is 220 g/mol. The zero-order valence-corrected chi connectivity index (χ0v) is 9.49. The molecule has 2 rings (SSSR count). The van der Waals surface area contributed by atoms with Crippen LogP contribution in [0.1, 0.15) is 31.2 Å². The van der Waals surface area contributed by atoms with Crippen LogP contribution in [0.25, 0.3) is 11.5 Å². The fourth-order valence-electron chi connectivity index (χ4n) is 1.47. The van der Waals surface area contributed by atoms with Gasteiger partial charge in [0.2, 0.25) is 0 Å². The number of hydrogen-bond acceptors (Lipinski definition) is 3. The van der Waals surface area contributed by atoms with E-state index < -0.39 is 0 Å². The molecule has 0 saturated heterocycles. The van der Waals surface area contributed by atoms with Crippen LogP contribution in [0.5, 0.6) is 0 Å².